The van der Waals surface area contributed by atoms with Crippen LogP contribution in [0.2, 0.25) is 0 Å². The van der Waals surface area contributed by atoms with Gasteiger partial charge in [0.05, 0.1) is 0 Å². The van der Waals surface area contributed by atoms with Gasteiger partial charge in [0.2, 0.25) is 23.6 Å². The van der Waals surface area contributed by atoms with Crippen molar-refractivity contribution in [2.24, 2.45) is 0 Å². The van der Waals surface area contributed by atoms with Crippen LogP contribution < -0.4 is 0 Å². The molecule has 0 saturated carbocycles. The maximum Gasteiger partial charge on any atom is 2.00 e. The molecule has 4 rings (SSSR count). The normalized spacial score (nSPS) is 14.6. The summed E-state index contributed by atoms with van der Waals surface area (Å²) in [7, 11) is 6.70. The monoisotopic (exact) mass is 383 g/mol. The first-order valence-electron chi connectivity index (χ1n) is 7.00. The molecule has 0 atom stereocenters. The topological polar surface area (TPSA) is 74.8 Å². The molecule has 25 heavy (non-hydrogen) atoms. The van der Waals surface area contributed by atoms with Crippen LogP contribution >= 0.6 is 0 Å². The summed E-state index contributed by atoms with van der Waals surface area (Å²) in [5.41, 5.74) is 1.77. The van der Waals surface area contributed by atoms with E-state index in [-0.39, 0.29) is 40.7 Å². The Kier molecular flexibility index (Phi) is 5.21. The maximum absolute atomic E-state index is 11.2. The summed E-state index contributed by atoms with van der Waals surface area (Å²) in [4.78, 5) is 46.8. The summed E-state index contributed by atoms with van der Waals surface area (Å²) in [5, 5.41) is 0. The van der Waals surface area contributed by atoms with Crippen LogP contribution in [0.15, 0.2) is 48.5 Å². The van der Waals surface area contributed by atoms with Crippen molar-refractivity contribution in [3.8, 4) is 0 Å². The smallest absolute Gasteiger partial charge is 0.430 e. The standard InChI is InChI=1S/2C9H6NO2.Cu/c2*1-10-8(11)6-4-2-3-5-7(6)9(10)12;/h2*2-5H,1H2;/q2*-1;+2. The van der Waals surface area contributed by atoms with Gasteiger partial charge in [-0.3, -0.25) is 19.2 Å². The number of carbonyl (C=O) groups excluding carboxylic acids is 4. The molecular formula is C18H12CuN2O4. The zero-order valence-electron chi connectivity index (χ0n) is 12.9. The van der Waals surface area contributed by atoms with E-state index in [1.165, 1.54) is 0 Å². The molecule has 4 amide bonds. The minimum atomic E-state index is -0.324. The Labute approximate surface area is 154 Å². The van der Waals surface area contributed by atoms with Crippen molar-refractivity contribution in [3.05, 3.63) is 84.9 Å². The summed E-state index contributed by atoms with van der Waals surface area (Å²) in [6.07, 6.45) is 0. The molecule has 0 N–H and O–H groups in total. The van der Waals surface area contributed by atoms with Crippen molar-refractivity contribution < 1.29 is 36.2 Å². The van der Waals surface area contributed by atoms with Gasteiger partial charge in [-0.05, 0) is 24.3 Å². The zero-order valence-corrected chi connectivity index (χ0v) is 13.8. The van der Waals surface area contributed by atoms with Crippen molar-refractivity contribution in [2.45, 2.75) is 0 Å². The van der Waals surface area contributed by atoms with Crippen molar-refractivity contribution >= 4 is 23.6 Å². The Morgan fingerprint density at radius 3 is 0.920 bits per heavy atom. The number of carbonyl (C=O) groups is 4. The van der Waals surface area contributed by atoms with Gasteiger partial charge in [-0.25, -0.2) is 14.1 Å². The van der Waals surface area contributed by atoms with E-state index >= 15 is 0 Å². The van der Waals surface area contributed by atoms with Gasteiger partial charge in [0.1, 0.15) is 0 Å². The summed E-state index contributed by atoms with van der Waals surface area (Å²) < 4.78 is 0. The summed E-state index contributed by atoms with van der Waals surface area (Å²) in [6.45, 7) is 0. The molecule has 129 valence electrons. The third-order valence-electron chi connectivity index (χ3n) is 3.76. The molecule has 0 fully saturated rings. The first kappa shape index (κ1) is 18.6. The van der Waals surface area contributed by atoms with E-state index in [2.05, 4.69) is 14.1 Å². The molecule has 2 aliphatic heterocycles. The molecule has 7 heteroatoms. The second kappa shape index (κ2) is 7.01. The summed E-state index contributed by atoms with van der Waals surface area (Å²) in [5.74, 6) is -1.29. The molecule has 0 aromatic heterocycles. The van der Waals surface area contributed by atoms with E-state index in [9.17, 15) is 19.2 Å². The quantitative estimate of drug-likeness (QED) is 0.397. The molecule has 2 aromatic rings. The minimum Gasteiger partial charge on any atom is -0.430 e. The number of nitrogens with zero attached hydrogens (tertiary/aromatic N) is 2. The first-order valence-corrected chi connectivity index (χ1v) is 7.00. The van der Waals surface area contributed by atoms with Crippen LogP contribution in [0.1, 0.15) is 41.4 Å². The van der Waals surface area contributed by atoms with E-state index in [1.54, 1.807) is 48.5 Å². The molecule has 1 radical (unpaired) electrons. The summed E-state index contributed by atoms with van der Waals surface area (Å²) >= 11 is 0. The van der Waals surface area contributed by atoms with Crippen LogP contribution in [0.4, 0.5) is 0 Å². The largest absolute Gasteiger partial charge is 2.00 e. The Morgan fingerprint density at radius 1 is 0.520 bits per heavy atom. The fraction of sp³-hybridized carbons (Fsp3) is 0. The van der Waals surface area contributed by atoms with Gasteiger partial charge in [-0.1, -0.05) is 24.3 Å². The van der Waals surface area contributed by atoms with Crippen LogP contribution in [0, 0.1) is 14.1 Å². The van der Waals surface area contributed by atoms with Crippen molar-refractivity contribution in [1.29, 1.82) is 0 Å². The Balaban J connectivity index is 0.000000173. The molecule has 0 saturated heterocycles. The van der Waals surface area contributed by atoms with Gasteiger partial charge >= 0.3 is 17.1 Å². The number of hydrogen-bond donors (Lipinski definition) is 0. The molecule has 0 bridgehead atoms. The van der Waals surface area contributed by atoms with E-state index in [0.29, 0.717) is 22.3 Å². The minimum absolute atomic E-state index is 0. The van der Waals surface area contributed by atoms with Gasteiger partial charge in [-0.2, -0.15) is 0 Å². The van der Waals surface area contributed by atoms with Crippen LogP contribution in [0.25, 0.3) is 0 Å². The van der Waals surface area contributed by atoms with E-state index in [0.717, 1.165) is 9.80 Å². The predicted molar refractivity (Wildman–Crippen MR) is 84.6 cm³/mol. The molecule has 0 unspecified atom stereocenters. The molecule has 2 aromatic carbocycles. The van der Waals surface area contributed by atoms with Gasteiger partial charge in [-0.15, -0.1) is 0 Å². The second-order valence-electron chi connectivity index (χ2n) is 5.17. The van der Waals surface area contributed by atoms with E-state index in [4.69, 9.17) is 0 Å². The van der Waals surface area contributed by atoms with Gasteiger partial charge in [0.15, 0.2) is 0 Å². The van der Waals surface area contributed by atoms with E-state index < -0.39 is 0 Å². The van der Waals surface area contributed by atoms with Crippen molar-refractivity contribution in [2.75, 3.05) is 0 Å². The molecule has 0 aliphatic carbocycles. The van der Waals surface area contributed by atoms with Gasteiger partial charge in [0.25, 0.3) is 0 Å². The molecule has 0 spiro atoms. The third-order valence-corrected chi connectivity index (χ3v) is 3.76. The average Bonchev–Trinajstić information content (AvgIpc) is 2.98. The van der Waals surface area contributed by atoms with Crippen LogP contribution in [-0.2, 0) is 17.1 Å². The fourth-order valence-corrected chi connectivity index (χ4v) is 2.48. The van der Waals surface area contributed by atoms with Crippen LogP contribution in [0.5, 0.6) is 0 Å². The molecular weight excluding hydrogens is 372 g/mol. The number of hydrogen-bond acceptors (Lipinski definition) is 4. The van der Waals surface area contributed by atoms with Gasteiger partial charge < -0.3 is 9.80 Å². The number of amides is 4. The Bertz CT molecular complexity index is 751. The molecule has 2 heterocycles. The molecule has 2 aliphatic rings. The average molecular weight is 384 g/mol. The number of benzene rings is 2. The molecule has 6 nitrogen and oxygen atoms in total. The first-order chi connectivity index (χ1) is 11.4. The van der Waals surface area contributed by atoms with Crippen molar-refractivity contribution in [1.82, 2.24) is 9.80 Å². The van der Waals surface area contributed by atoms with E-state index in [1.807, 2.05) is 0 Å². The van der Waals surface area contributed by atoms with Crippen LogP contribution in [0.3, 0.4) is 0 Å². The SMILES string of the molecule is [CH2-]N1C(=O)c2ccccc2C1=O.[CH2-]N1C(=O)c2ccccc2C1=O.[Cu+2]. The third kappa shape index (κ3) is 2.99. The Morgan fingerprint density at radius 2 is 0.720 bits per heavy atom. The van der Waals surface area contributed by atoms with Crippen LogP contribution in [-0.4, -0.2) is 33.4 Å². The number of fused-ring (bicyclic) bond motifs is 2. The predicted octanol–water partition coefficient (Wildman–Crippen LogP) is 2.15. The van der Waals surface area contributed by atoms with Crippen molar-refractivity contribution in [3.63, 3.8) is 0 Å². The zero-order chi connectivity index (χ0) is 17.4. The Hall–Kier alpha value is -2.76. The fourth-order valence-electron chi connectivity index (χ4n) is 2.48. The number of imide groups is 2. The summed E-state index contributed by atoms with van der Waals surface area (Å²) in [6, 6.07) is 13.4. The van der Waals surface area contributed by atoms with Gasteiger partial charge in [0, 0.05) is 22.3 Å². The maximum atomic E-state index is 11.2. The number of rotatable bonds is 0. The second-order valence-corrected chi connectivity index (χ2v) is 5.17.